The average Bonchev–Trinajstić information content (AvgIpc) is 2.45. The van der Waals surface area contributed by atoms with E-state index in [9.17, 15) is 23.6 Å². The first kappa shape index (κ1) is 17.1. The molecule has 0 radical (unpaired) electrons. The van der Waals surface area contributed by atoms with Gasteiger partial charge in [-0.3, -0.25) is 20.1 Å². The van der Waals surface area contributed by atoms with Gasteiger partial charge in [0.25, 0.3) is 15.8 Å². The number of non-ortho nitro benzene ring substituents is 1. The molecule has 0 unspecified atom stereocenters. The van der Waals surface area contributed by atoms with E-state index >= 15 is 0 Å². The van der Waals surface area contributed by atoms with Gasteiger partial charge in [0, 0.05) is 17.8 Å². The SMILES string of the molecule is Nc1cc(N)c(S(=O)(=O)O)cc1NNc1ccc([N+](=O)[O-])cc1[O-]. The van der Waals surface area contributed by atoms with Crippen LogP contribution in [-0.2, 0) is 10.1 Å². The Labute approximate surface area is 135 Å². The third-order valence-electron chi connectivity index (χ3n) is 2.97. The lowest BCUT2D eigenvalue weighted by atomic mass is 10.2. The highest BCUT2D eigenvalue weighted by molar-refractivity contribution is 7.86. The van der Waals surface area contributed by atoms with Crippen LogP contribution >= 0.6 is 0 Å². The van der Waals surface area contributed by atoms with E-state index in [1.54, 1.807) is 0 Å². The first-order chi connectivity index (χ1) is 11.1. The van der Waals surface area contributed by atoms with Gasteiger partial charge in [-0.2, -0.15) is 8.42 Å². The van der Waals surface area contributed by atoms with Crippen LogP contribution in [0.15, 0.2) is 35.2 Å². The maximum absolute atomic E-state index is 11.7. The third-order valence-corrected chi connectivity index (χ3v) is 3.88. The Bertz CT molecular complexity index is 914. The van der Waals surface area contributed by atoms with Crippen molar-refractivity contribution < 1.29 is 23.0 Å². The fraction of sp³-hybridized carbons (Fsp3) is 0. The molecule has 0 saturated carbocycles. The second-order valence-corrected chi connectivity index (χ2v) is 6.03. The van der Waals surface area contributed by atoms with Crippen LogP contribution in [-0.4, -0.2) is 17.9 Å². The summed E-state index contributed by atoms with van der Waals surface area (Å²) < 4.78 is 31.5. The van der Waals surface area contributed by atoms with Gasteiger partial charge < -0.3 is 22.0 Å². The zero-order valence-electron chi connectivity index (χ0n) is 11.9. The number of hydrogen-bond donors (Lipinski definition) is 5. The lowest BCUT2D eigenvalue weighted by molar-refractivity contribution is -0.385. The summed E-state index contributed by atoms with van der Waals surface area (Å²) in [5, 5.41) is 22.3. The molecule has 0 heterocycles. The van der Waals surface area contributed by atoms with Gasteiger partial charge in [0.2, 0.25) is 0 Å². The Hall–Kier alpha value is -3.25. The van der Waals surface area contributed by atoms with Gasteiger partial charge >= 0.3 is 0 Å². The molecule has 0 bridgehead atoms. The fourth-order valence-corrected chi connectivity index (χ4v) is 2.43. The van der Waals surface area contributed by atoms with E-state index in [-0.39, 0.29) is 28.4 Å². The highest BCUT2D eigenvalue weighted by Crippen LogP contribution is 2.30. The number of hydrogen-bond acceptors (Lipinski definition) is 9. The predicted octanol–water partition coefficient (Wildman–Crippen LogP) is 0.518. The molecule has 0 atom stereocenters. The average molecular weight is 354 g/mol. The molecule has 0 saturated heterocycles. The van der Waals surface area contributed by atoms with Crippen LogP contribution < -0.4 is 27.4 Å². The molecule has 2 aromatic rings. The summed E-state index contributed by atoms with van der Waals surface area (Å²) in [4.78, 5) is 9.30. The van der Waals surface area contributed by atoms with Crippen molar-refractivity contribution in [1.29, 1.82) is 0 Å². The summed E-state index contributed by atoms with van der Waals surface area (Å²) in [5.41, 5.74) is 15.5. The van der Waals surface area contributed by atoms with Crippen molar-refractivity contribution in [1.82, 2.24) is 0 Å². The summed E-state index contributed by atoms with van der Waals surface area (Å²) in [6.45, 7) is 0. The van der Waals surface area contributed by atoms with Gasteiger partial charge in [-0.05, 0) is 18.2 Å². The second kappa shape index (κ2) is 6.10. The van der Waals surface area contributed by atoms with Crippen molar-refractivity contribution >= 4 is 38.6 Å². The van der Waals surface area contributed by atoms with E-state index in [1.807, 2.05) is 0 Å². The molecule has 0 fully saturated rings. The molecule has 2 aromatic carbocycles. The smallest absolute Gasteiger partial charge is 0.296 e. The molecular formula is C12H12N5O6S-. The molecular weight excluding hydrogens is 342 g/mol. The molecule has 0 aromatic heterocycles. The van der Waals surface area contributed by atoms with Crippen LogP contribution in [0.5, 0.6) is 5.75 Å². The number of hydrazine groups is 1. The van der Waals surface area contributed by atoms with E-state index in [0.717, 1.165) is 24.3 Å². The zero-order valence-corrected chi connectivity index (χ0v) is 12.7. The van der Waals surface area contributed by atoms with Crippen LogP contribution in [0.2, 0.25) is 0 Å². The summed E-state index contributed by atoms with van der Waals surface area (Å²) >= 11 is 0. The highest BCUT2D eigenvalue weighted by atomic mass is 32.2. The maximum atomic E-state index is 11.7. The van der Waals surface area contributed by atoms with Crippen LogP contribution in [0, 0.1) is 10.1 Å². The van der Waals surface area contributed by atoms with Gasteiger partial charge in [-0.15, -0.1) is 0 Å². The van der Waals surface area contributed by atoms with E-state index in [4.69, 9.17) is 16.0 Å². The monoisotopic (exact) mass is 354 g/mol. The van der Waals surface area contributed by atoms with Crippen LogP contribution in [0.1, 0.15) is 0 Å². The lowest BCUT2D eigenvalue weighted by Crippen LogP contribution is -2.14. The summed E-state index contributed by atoms with van der Waals surface area (Å²) in [6.07, 6.45) is 0. The van der Waals surface area contributed by atoms with Crippen LogP contribution in [0.25, 0.3) is 0 Å². The summed E-state index contributed by atoms with van der Waals surface area (Å²) in [6, 6.07) is 5.19. The quantitative estimate of drug-likeness (QED) is 0.218. The summed E-state index contributed by atoms with van der Waals surface area (Å²) in [7, 11) is -4.56. The van der Waals surface area contributed by atoms with Gasteiger partial charge in [-0.25, -0.2) is 0 Å². The molecule has 0 amide bonds. The number of benzene rings is 2. The number of nitrogens with zero attached hydrogens (tertiary/aromatic N) is 1. The van der Waals surface area contributed by atoms with E-state index in [2.05, 4.69) is 10.9 Å². The zero-order chi connectivity index (χ0) is 18.1. The van der Waals surface area contributed by atoms with Crippen LogP contribution in [0.4, 0.5) is 28.4 Å². The summed E-state index contributed by atoms with van der Waals surface area (Å²) in [5.74, 6) is -0.666. The van der Waals surface area contributed by atoms with E-state index < -0.39 is 25.7 Å². The van der Waals surface area contributed by atoms with Crippen molar-refractivity contribution in [3.63, 3.8) is 0 Å². The molecule has 11 nitrogen and oxygen atoms in total. The number of nitrogen functional groups attached to an aromatic ring is 2. The van der Waals surface area contributed by atoms with Crippen molar-refractivity contribution in [2.24, 2.45) is 0 Å². The number of nitro groups is 1. The van der Waals surface area contributed by atoms with E-state index in [1.165, 1.54) is 6.07 Å². The van der Waals surface area contributed by atoms with E-state index in [0.29, 0.717) is 0 Å². The van der Waals surface area contributed by atoms with Crippen molar-refractivity contribution in [3.8, 4) is 5.75 Å². The standard InChI is InChI=1S/C12H13N5O6S/c13-7-4-8(14)12(24(21,22)23)5-10(7)16-15-9-2-1-6(17(19)20)3-11(9)18/h1-5,15-16,18H,13-14H2,(H,21,22,23)/p-1. The Kier molecular flexibility index (Phi) is 4.35. The Morgan fingerprint density at radius 3 is 2.21 bits per heavy atom. The molecule has 24 heavy (non-hydrogen) atoms. The highest BCUT2D eigenvalue weighted by Gasteiger charge is 2.16. The third kappa shape index (κ3) is 3.56. The molecule has 0 spiro atoms. The first-order valence-corrected chi connectivity index (χ1v) is 7.67. The van der Waals surface area contributed by atoms with Gasteiger partial charge in [0.1, 0.15) is 4.90 Å². The number of nitrogens with one attached hydrogen (secondary N) is 2. The minimum atomic E-state index is -4.56. The Balaban J connectivity index is 2.28. The first-order valence-electron chi connectivity index (χ1n) is 6.23. The van der Waals surface area contributed by atoms with Gasteiger partial charge in [0.05, 0.1) is 22.0 Å². The van der Waals surface area contributed by atoms with Crippen molar-refractivity contribution in [3.05, 3.63) is 40.4 Å². The minimum Gasteiger partial charge on any atom is -0.871 e. The number of anilines is 4. The van der Waals surface area contributed by atoms with Crippen molar-refractivity contribution in [2.75, 3.05) is 22.3 Å². The van der Waals surface area contributed by atoms with Gasteiger partial charge in [-0.1, -0.05) is 5.75 Å². The molecule has 12 heteroatoms. The largest absolute Gasteiger partial charge is 0.871 e. The van der Waals surface area contributed by atoms with Gasteiger partial charge in [0.15, 0.2) is 0 Å². The topological polar surface area (TPSA) is 197 Å². The second-order valence-electron chi connectivity index (χ2n) is 4.64. The minimum absolute atomic E-state index is 0.0228. The number of nitrogens with two attached hydrogens (primary N) is 2. The Morgan fingerprint density at radius 2 is 1.67 bits per heavy atom. The lowest BCUT2D eigenvalue weighted by Gasteiger charge is -2.18. The number of nitro benzene ring substituents is 1. The molecule has 128 valence electrons. The molecule has 0 aliphatic rings. The molecule has 7 N–H and O–H groups in total. The molecule has 2 rings (SSSR count). The van der Waals surface area contributed by atoms with Crippen molar-refractivity contribution in [2.45, 2.75) is 4.90 Å². The molecule has 0 aliphatic heterocycles. The normalized spacial score (nSPS) is 11.0. The molecule has 0 aliphatic carbocycles. The van der Waals surface area contributed by atoms with Crippen LogP contribution in [0.3, 0.4) is 0 Å². The maximum Gasteiger partial charge on any atom is 0.296 e. The Morgan fingerprint density at radius 1 is 1.04 bits per heavy atom. The predicted molar refractivity (Wildman–Crippen MR) is 84.9 cm³/mol. The number of rotatable bonds is 5. The fourth-order valence-electron chi connectivity index (χ4n) is 1.81.